The number of fused-ring (bicyclic) bond motifs is 1. The molecular weight excluding hydrogens is 252 g/mol. The number of aliphatic hydroxyl groups is 1. The van der Waals surface area contributed by atoms with Crippen LogP contribution in [0, 0.1) is 0 Å². The first-order valence-corrected chi connectivity index (χ1v) is 6.51. The van der Waals surface area contributed by atoms with E-state index in [4.69, 9.17) is 21.1 Å². The molecule has 1 aliphatic rings. The monoisotopic (exact) mass is 270 g/mol. The van der Waals surface area contributed by atoms with Crippen molar-refractivity contribution in [1.29, 1.82) is 0 Å². The van der Waals surface area contributed by atoms with Crippen molar-refractivity contribution in [3.05, 3.63) is 28.3 Å². The Morgan fingerprint density at radius 2 is 2.28 bits per heavy atom. The van der Waals surface area contributed by atoms with Crippen molar-refractivity contribution in [2.75, 3.05) is 13.7 Å². The number of rotatable bonds is 4. The maximum absolute atomic E-state index is 10.4. The maximum Gasteiger partial charge on any atom is 0.126 e. The van der Waals surface area contributed by atoms with Crippen LogP contribution in [-0.2, 0) is 17.6 Å². The standard InChI is InChI=1S/C14H19ClO3/c1-9(17-3)14(2,16)8-11-7-12(15)6-10-4-5-18-13(10)11/h6-7,9,16H,4-5,8H2,1-3H3. The van der Waals surface area contributed by atoms with Gasteiger partial charge in [-0.1, -0.05) is 11.6 Å². The van der Waals surface area contributed by atoms with Crippen molar-refractivity contribution < 1.29 is 14.6 Å². The third-order valence-corrected chi connectivity index (χ3v) is 3.82. The molecule has 18 heavy (non-hydrogen) atoms. The second-order valence-corrected chi connectivity index (χ2v) is 5.50. The molecule has 0 spiro atoms. The average Bonchev–Trinajstić information content (AvgIpc) is 2.75. The fourth-order valence-corrected chi connectivity index (χ4v) is 2.52. The lowest BCUT2D eigenvalue weighted by Crippen LogP contribution is -2.40. The summed E-state index contributed by atoms with van der Waals surface area (Å²) in [5.74, 6) is 0.878. The van der Waals surface area contributed by atoms with Crippen LogP contribution >= 0.6 is 11.6 Å². The van der Waals surface area contributed by atoms with Crippen LogP contribution in [0.2, 0.25) is 5.02 Å². The molecule has 0 aromatic heterocycles. The Labute approximate surface area is 113 Å². The number of benzene rings is 1. The van der Waals surface area contributed by atoms with Gasteiger partial charge in [0, 0.05) is 25.0 Å². The second-order valence-electron chi connectivity index (χ2n) is 5.06. The predicted molar refractivity (Wildman–Crippen MR) is 71.4 cm³/mol. The summed E-state index contributed by atoms with van der Waals surface area (Å²) < 4.78 is 10.8. The SMILES string of the molecule is COC(C)C(C)(O)Cc1cc(Cl)cc2c1OCC2. The van der Waals surface area contributed by atoms with Crippen LogP contribution in [0.15, 0.2) is 12.1 Å². The molecule has 3 nitrogen and oxygen atoms in total. The van der Waals surface area contributed by atoms with E-state index in [1.54, 1.807) is 14.0 Å². The smallest absolute Gasteiger partial charge is 0.126 e. The Morgan fingerprint density at radius 3 is 2.94 bits per heavy atom. The molecule has 2 atom stereocenters. The molecule has 1 aromatic rings. The van der Waals surface area contributed by atoms with Gasteiger partial charge in [-0.25, -0.2) is 0 Å². The first-order valence-electron chi connectivity index (χ1n) is 6.13. The molecular formula is C14H19ClO3. The fourth-order valence-electron chi connectivity index (χ4n) is 2.26. The highest BCUT2D eigenvalue weighted by Gasteiger charge is 2.31. The highest BCUT2D eigenvalue weighted by Crippen LogP contribution is 2.35. The number of hydrogen-bond donors (Lipinski definition) is 1. The highest BCUT2D eigenvalue weighted by atomic mass is 35.5. The van der Waals surface area contributed by atoms with Gasteiger partial charge in [-0.05, 0) is 37.1 Å². The van der Waals surface area contributed by atoms with E-state index < -0.39 is 5.60 Å². The maximum atomic E-state index is 10.4. The fraction of sp³-hybridized carbons (Fsp3) is 0.571. The van der Waals surface area contributed by atoms with E-state index in [1.807, 2.05) is 19.1 Å². The van der Waals surface area contributed by atoms with E-state index in [0.717, 1.165) is 23.3 Å². The van der Waals surface area contributed by atoms with Gasteiger partial charge in [0.2, 0.25) is 0 Å². The summed E-state index contributed by atoms with van der Waals surface area (Å²) >= 11 is 6.10. The normalized spacial score (nSPS) is 18.9. The number of methoxy groups -OCH3 is 1. The van der Waals surface area contributed by atoms with Gasteiger partial charge in [-0.3, -0.25) is 0 Å². The van der Waals surface area contributed by atoms with Crippen LogP contribution in [0.5, 0.6) is 5.75 Å². The van der Waals surface area contributed by atoms with Gasteiger partial charge < -0.3 is 14.6 Å². The van der Waals surface area contributed by atoms with Crippen molar-refractivity contribution in [2.45, 2.75) is 38.4 Å². The first-order chi connectivity index (χ1) is 8.44. The molecule has 2 rings (SSSR count). The third kappa shape index (κ3) is 2.63. The number of halogens is 1. The van der Waals surface area contributed by atoms with Crippen LogP contribution < -0.4 is 4.74 Å². The van der Waals surface area contributed by atoms with Crippen LogP contribution in [0.4, 0.5) is 0 Å². The summed E-state index contributed by atoms with van der Waals surface area (Å²) in [4.78, 5) is 0. The Kier molecular flexibility index (Phi) is 3.85. The van der Waals surface area contributed by atoms with Crippen LogP contribution in [-0.4, -0.2) is 30.5 Å². The molecule has 0 fully saturated rings. The molecule has 1 N–H and O–H groups in total. The van der Waals surface area contributed by atoms with Gasteiger partial charge in [0.05, 0.1) is 18.3 Å². The molecule has 0 saturated heterocycles. The summed E-state index contributed by atoms with van der Waals surface area (Å²) in [7, 11) is 1.60. The Balaban J connectivity index is 2.29. The number of ether oxygens (including phenoxy) is 2. The molecule has 0 aliphatic carbocycles. The first kappa shape index (κ1) is 13.7. The van der Waals surface area contributed by atoms with E-state index in [0.29, 0.717) is 18.1 Å². The lowest BCUT2D eigenvalue weighted by atomic mass is 9.90. The second kappa shape index (κ2) is 5.08. The zero-order chi connectivity index (χ0) is 13.3. The van der Waals surface area contributed by atoms with Crippen LogP contribution in [0.1, 0.15) is 25.0 Å². The molecule has 0 saturated carbocycles. The molecule has 0 bridgehead atoms. The van der Waals surface area contributed by atoms with Gasteiger partial charge in [0.15, 0.2) is 0 Å². The zero-order valence-electron chi connectivity index (χ0n) is 11.0. The van der Waals surface area contributed by atoms with E-state index in [2.05, 4.69) is 0 Å². The molecule has 1 heterocycles. The van der Waals surface area contributed by atoms with Gasteiger partial charge in [-0.2, -0.15) is 0 Å². The Morgan fingerprint density at radius 1 is 1.56 bits per heavy atom. The summed E-state index contributed by atoms with van der Waals surface area (Å²) in [6, 6.07) is 3.80. The average molecular weight is 271 g/mol. The molecule has 2 unspecified atom stereocenters. The summed E-state index contributed by atoms with van der Waals surface area (Å²) in [5.41, 5.74) is 1.13. The van der Waals surface area contributed by atoms with Crippen LogP contribution in [0.25, 0.3) is 0 Å². The molecule has 4 heteroatoms. The lowest BCUT2D eigenvalue weighted by Gasteiger charge is -2.29. The molecule has 0 amide bonds. The summed E-state index contributed by atoms with van der Waals surface area (Å²) in [6.45, 7) is 4.31. The van der Waals surface area contributed by atoms with E-state index in [1.165, 1.54) is 0 Å². The van der Waals surface area contributed by atoms with Crippen molar-refractivity contribution >= 4 is 11.6 Å². The van der Waals surface area contributed by atoms with Crippen molar-refractivity contribution in [3.63, 3.8) is 0 Å². The molecule has 100 valence electrons. The summed E-state index contributed by atoms with van der Waals surface area (Å²) in [6.07, 6.45) is 1.09. The Bertz CT molecular complexity index is 443. The van der Waals surface area contributed by atoms with Gasteiger partial charge in [-0.15, -0.1) is 0 Å². The predicted octanol–water partition coefficient (Wildman–Crippen LogP) is 2.60. The Hall–Kier alpha value is -0.770. The van der Waals surface area contributed by atoms with Gasteiger partial charge >= 0.3 is 0 Å². The van der Waals surface area contributed by atoms with E-state index in [9.17, 15) is 5.11 Å². The van der Waals surface area contributed by atoms with Crippen molar-refractivity contribution in [2.24, 2.45) is 0 Å². The summed E-state index contributed by atoms with van der Waals surface area (Å²) in [5, 5.41) is 11.1. The largest absolute Gasteiger partial charge is 0.493 e. The van der Waals surface area contributed by atoms with Crippen molar-refractivity contribution in [1.82, 2.24) is 0 Å². The van der Waals surface area contributed by atoms with Gasteiger partial charge in [0.25, 0.3) is 0 Å². The zero-order valence-corrected chi connectivity index (χ0v) is 11.8. The third-order valence-electron chi connectivity index (χ3n) is 3.60. The van der Waals surface area contributed by atoms with Crippen LogP contribution in [0.3, 0.4) is 0 Å². The highest BCUT2D eigenvalue weighted by molar-refractivity contribution is 6.30. The minimum atomic E-state index is -0.945. The van der Waals surface area contributed by atoms with Crippen molar-refractivity contribution in [3.8, 4) is 5.75 Å². The molecule has 0 radical (unpaired) electrons. The topological polar surface area (TPSA) is 38.7 Å². The van der Waals surface area contributed by atoms with E-state index >= 15 is 0 Å². The van der Waals surface area contributed by atoms with Gasteiger partial charge in [0.1, 0.15) is 5.75 Å². The minimum absolute atomic E-state index is 0.256. The molecule has 1 aromatic carbocycles. The number of hydrogen-bond acceptors (Lipinski definition) is 3. The quantitative estimate of drug-likeness (QED) is 0.914. The van der Waals surface area contributed by atoms with E-state index in [-0.39, 0.29) is 6.10 Å². The minimum Gasteiger partial charge on any atom is -0.493 e. The molecule has 1 aliphatic heterocycles. The lowest BCUT2D eigenvalue weighted by molar-refractivity contribution is -0.0717.